The lowest BCUT2D eigenvalue weighted by atomic mass is 10.1. The summed E-state index contributed by atoms with van der Waals surface area (Å²) in [6.07, 6.45) is 1.45. The Morgan fingerprint density at radius 1 is 1.59 bits per heavy atom. The first-order chi connectivity index (χ1) is 10.7. The molecule has 8 heteroatoms. The largest absolute Gasteiger partial charge is 0.463 e. The second kappa shape index (κ2) is 6.55. The lowest BCUT2D eigenvalue weighted by Crippen LogP contribution is -2.53. The first-order valence-electron chi connectivity index (χ1n) is 7.18. The third-order valence-corrected chi connectivity index (χ3v) is 4.29. The SMILES string of the molecule is CCOC(=O)C1=C(CN2CC(O)C2)NC(c2nccs2)=NC1. The monoisotopic (exact) mass is 322 g/mol. The number of aliphatic hydroxyl groups excluding tert-OH is 1. The van der Waals surface area contributed by atoms with Crippen molar-refractivity contribution in [3.05, 3.63) is 27.9 Å². The Balaban J connectivity index is 1.77. The van der Waals surface area contributed by atoms with Crippen molar-refractivity contribution >= 4 is 23.1 Å². The maximum Gasteiger partial charge on any atom is 0.337 e. The molecular weight excluding hydrogens is 304 g/mol. The lowest BCUT2D eigenvalue weighted by Gasteiger charge is -2.37. The van der Waals surface area contributed by atoms with Gasteiger partial charge in [0.1, 0.15) is 0 Å². The zero-order valence-corrected chi connectivity index (χ0v) is 13.1. The average Bonchev–Trinajstić information content (AvgIpc) is 3.00. The van der Waals surface area contributed by atoms with Crippen LogP contribution in [0.3, 0.4) is 0 Å². The van der Waals surface area contributed by atoms with E-state index in [1.54, 1.807) is 13.1 Å². The second-order valence-electron chi connectivity index (χ2n) is 5.15. The van der Waals surface area contributed by atoms with Gasteiger partial charge >= 0.3 is 5.97 Å². The van der Waals surface area contributed by atoms with Crippen LogP contribution in [0.5, 0.6) is 0 Å². The van der Waals surface area contributed by atoms with Crippen molar-refractivity contribution in [1.29, 1.82) is 0 Å². The molecule has 0 bridgehead atoms. The number of aliphatic imine (C=N–C) groups is 1. The normalized spacial score (nSPS) is 19.5. The molecule has 3 rings (SSSR count). The summed E-state index contributed by atoms with van der Waals surface area (Å²) in [6, 6.07) is 0. The number of β-amino-alcohol motifs (C(OH)–C–C–N with tert-alkyl or cyclic N) is 1. The van der Waals surface area contributed by atoms with Crippen molar-refractivity contribution in [3.8, 4) is 0 Å². The third kappa shape index (κ3) is 3.18. The fourth-order valence-corrected chi connectivity index (χ4v) is 3.01. The van der Waals surface area contributed by atoms with Gasteiger partial charge in [0.25, 0.3) is 0 Å². The highest BCUT2D eigenvalue weighted by molar-refractivity contribution is 7.11. The summed E-state index contributed by atoms with van der Waals surface area (Å²) in [6.45, 7) is 4.20. The molecule has 1 aromatic heterocycles. The van der Waals surface area contributed by atoms with Crippen molar-refractivity contribution in [2.75, 3.05) is 32.8 Å². The Kier molecular flexibility index (Phi) is 4.51. The molecule has 22 heavy (non-hydrogen) atoms. The van der Waals surface area contributed by atoms with Crippen LogP contribution in [0, 0.1) is 0 Å². The molecule has 0 saturated carbocycles. The van der Waals surface area contributed by atoms with Crippen LogP contribution in [0.15, 0.2) is 27.8 Å². The molecule has 2 N–H and O–H groups in total. The molecule has 1 fully saturated rings. The van der Waals surface area contributed by atoms with Crippen LogP contribution in [-0.2, 0) is 9.53 Å². The molecule has 2 aliphatic heterocycles. The first kappa shape index (κ1) is 15.1. The number of ether oxygens (including phenoxy) is 1. The zero-order valence-electron chi connectivity index (χ0n) is 12.3. The van der Waals surface area contributed by atoms with Gasteiger partial charge in [-0.3, -0.25) is 9.89 Å². The van der Waals surface area contributed by atoms with Crippen molar-refractivity contribution < 1.29 is 14.6 Å². The number of nitrogens with one attached hydrogen (secondary N) is 1. The summed E-state index contributed by atoms with van der Waals surface area (Å²) in [5.41, 5.74) is 1.33. The highest BCUT2D eigenvalue weighted by atomic mass is 32.1. The van der Waals surface area contributed by atoms with E-state index in [1.165, 1.54) is 11.3 Å². The second-order valence-corrected chi connectivity index (χ2v) is 6.05. The van der Waals surface area contributed by atoms with Crippen LogP contribution in [0.2, 0.25) is 0 Å². The van der Waals surface area contributed by atoms with Crippen molar-refractivity contribution in [3.63, 3.8) is 0 Å². The Morgan fingerprint density at radius 3 is 3.05 bits per heavy atom. The average molecular weight is 322 g/mol. The smallest absolute Gasteiger partial charge is 0.337 e. The van der Waals surface area contributed by atoms with Gasteiger partial charge in [-0.25, -0.2) is 9.78 Å². The number of nitrogens with zero attached hydrogens (tertiary/aromatic N) is 3. The number of rotatable bonds is 5. The molecule has 0 aliphatic carbocycles. The molecule has 0 radical (unpaired) electrons. The minimum atomic E-state index is -0.340. The van der Waals surface area contributed by atoms with Crippen molar-refractivity contribution in [2.24, 2.45) is 4.99 Å². The number of hydrogen-bond acceptors (Lipinski definition) is 8. The van der Waals surface area contributed by atoms with E-state index in [0.717, 1.165) is 10.7 Å². The fraction of sp³-hybridized carbons (Fsp3) is 0.500. The zero-order chi connectivity index (χ0) is 15.5. The first-order valence-corrected chi connectivity index (χ1v) is 8.06. The van der Waals surface area contributed by atoms with E-state index < -0.39 is 0 Å². The molecule has 0 atom stereocenters. The van der Waals surface area contributed by atoms with E-state index in [4.69, 9.17) is 4.74 Å². The summed E-state index contributed by atoms with van der Waals surface area (Å²) in [4.78, 5) is 22.8. The number of hydrogen-bond donors (Lipinski definition) is 2. The van der Waals surface area contributed by atoms with Gasteiger partial charge in [0.2, 0.25) is 0 Å². The van der Waals surface area contributed by atoms with Crippen LogP contribution in [0.4, 0.5) is 0 Å². The predicted molar refractivity (Wildman–Crippen MR) is 82.8 cm³/mol. The van der Waals surface area contributed by atoms with E-state index in [-0.39, 0.29) is 18.6 Å². The highest BCUT2D eigenvalue weighted by Crippen LogP contribution is 2.18. The molecule has 0 amide bonds. The molecular formula is C14H18N4O3S. The number of likely N-dealkylation sites (tertiary alicyclic amines) is 1. The van der Waals surface area contributed by atoms with Gasteiger partial charge in [0.15, 0.2) is 10.8 Å². The minimum Gasteiger partial charge on any atom is -0.463 e. The van der Waals surface area contributed by atoms with E-state index in [9.17, 15) is 9.90 Å². The summed E-state index contributed by atoms with van der Waals surface area (Å²) in [5.74, 6) is 0.340. The molecule has 7 nitrogen and oxygen atoms in total. The number of aromatic nitrogens is 1. The third-order valence-electron chi connectivity index (χ3n) is 3.51. The Bertz CT molecular complexity index is 606. The van der Waals surface area contributed by atoms with Crippen LogP contribution in [0.25, 0.3) is 0 Å². The standard InChI is InChI=1S/C14H18N4O3S/c1-2-21-14(20)10-5-16-12(13-15-3-4-22-13)17-11(10)8-18-6-9(19)7-18/h3-4,9,19H,2,5-8H2,1H3,(H,16,17). The van der Waals surface area contributed by atoms with Gasteiger partial charge in [0.05, 0.1) is 24.8 Å². The van der Waals surface area contributed by atoms with Crippen molar-refractivity contribution in [2.45, 2.75) is 13.0 Å². The molecule has 0 spiro atoms. The number of thiazole rings is 1. The molecule has 2 aliphatic rings. The summed E-state index contributed by atoms with van der Waals surface area (Å²) in [7, 11) is 0. The molecule has 118 valence electrons. The van der Waals surface area contributed by atoms with E-state index in [1.807, 2.05) is 5.38 Å². The quantitative estimate of drug-likeness (QED) is 0.741. The van der Waals surface area contributed by atoms with Crippen LogP contribution in [0.1, 0.15) is 11.9 Å². The molecule has 0 aromatic carbocycles. The predicted octanol–water partition coefficient (Wildman–Crippen LogP) is -0.0134. The van der Waals surface area contributed by atoms with Crippen molar-refractivity contribution in [1.82, 2.24) is 15.2 Å². The van der Waals surface area contributed by atoms with Gasteiger partial charge in [-0.2, -0.15) is 0 Å². The Hall–Kier alpha value is -1.77. The maximum absolute atomic E-state index is 12.1. The summed E-state index contributed by atoms with van der Waals surface area (Å²) < 4.78 is 5.10. The number of aliphatic hydroxyl groups is 1. The summed E-state index contributed by atoms with van der Waals surface area (Å²) in [5, 5.41) is 15.3. The van der Waals surface area contributed by atoms with E-state index in [2.05, 4.69) is 20.2 Å². The Morgan fingerprint density at radius 2 is 2.41 bits per heavy atom. The number of esters is 1. The van der Waals surface area contributed by atoms with Gasteiger partial charge in [0, 0.05) is 36.9 Å². The fourth-order valence-electron chi connectivity index (χ4n) is 2.41. The molecule has 1 saturated heterocycles. The number of amidine groups is 1. The van der Waals surface area contributed by atoms with Gasteiger partial charge < -0.3 is 15.2 Å². The molecule has 3 heterocycles. The van der Waals surface area contributed by atoms with Crippen LogP contribution < -0.4 is 5.32 Å². The molecule has 0 unspecified atom stereocenters. The minimum absolute atomic E-state index is 0.276. The number of carbonyl (C=O) groups excluding carboxylic acids is 1. The van der Waals surface area contributed by atoms with Gasteiger partial charge in [-0.05, 0) is 6.92 Å². The topological polar surface area (TPSA) is 87.0 Å². The van der Waals surface area contributed by atoms with Gasteiger partial charge in [-0.1, -0.05) is 0 Å². The van der Waals surface area contributed by atoms with E-state index in [0.29, 0.717) is 37.6 Å². The number of carbonyl (C=O) groups is 1. The molecule has 1 aromatic rings. The highest BCUT2D eigenvalue weighted by Gasteiger charge is 2.29. The Labute approximate surface area is 132 Å². The maximum atomic E-state index is 12.1. The summed E-state index contributed by atoms with van der Waals surface area (Å²) >= 11 is 1.49. The van der Waals surface area contributed by atoms with Crippen LogP contribution in [-0.4, -0.2) is 65.7 Å². The van der Waals surface area contributed by atoms with E-state index >= 15 is 0 Å². The van der Waals surface area contributed by atoms with Gasteiger partial charge in [-0.15, -0.1) is 11.3 Å². The van der Waals surface area contributed by atoms with Crippen LogP contribution >= 0.6 is 11.3 Å². The lowest BCUT2D eigenvalue weighted by molar-refractivity contribution is -0.138.